The molecule has 4 nitrogen and oxygen atoms in total. The van der Waals surface area contributed by atoms with Crippen LogP contribution in [0.15, 0.2) is 18.2 Å². The van der Waals surface area contributed by atoms with Crippen LogP contribution in [-0.2, 0) is 4.79 Å². The van der Waals surface area contributed by atoms with Gasteiger partial charge in [-0.15, -0.1) is 0 Å². The summed E-state index contributed by atoms with van der Waals surface area (Å²) in [6.07, 6.45) is -0.552. The van der Waals surface area contributed by atoms with Crippen molar-refractivity contribution in [3.05, 3.63) is 24.0 Å². The predicted octanol–water partition coefficient (Wildman–Crippen LogP) is 2.02. The fourth-order valence-corrected chi connectivity index (χ4v) is 2.31. The summed E-state index contributed by atoms with van der Waals surface area (Å²) in [5.41, 5.74) is 1.42. The third-order valence-corrected chi connectivity index (χ3v) is 3.75. The van der Waals surface area contributed by atoms with Crippen LogP contribution in [0, 0.1) is 11.7 Å². The van der Waals surface area contributed by atoms with Crippen LogP contribution in [0.4, 0.5) is 15.8 Å². The van der Waals surface area contributed by atoms with Crippen molar-refractivity contribution in [3.63, 3.8) is 0 Å². The first kappa shape index (κ1) is 14.8. The average molecular weight is 280 g/mol. The lowest BCUT2D eigenvalue weighted by Crippen LogP contribution is -2.44. The number of carbonyl (C=O) groups excluding carboxylic acids is 1. The summed E-state index contributed by atoms with van der Waals surface area (Å²) in [5.74, 6) is -0.390. The number of hydrogen-bond donors (Lipinski definition) is 1. The second-order valence-corrected chi connectivity index (χ2v) is 5.62. The molecule has 1 unspecified atom stereocenters. The SMILES string of the molecule is CC(C)C(O)CC(=O)N1CCN(C)c2cc(F)ccc21. The Hall–Kier alpha value is -1.62. The molecule has 0 saturated carbocycles. The normalized spacial score (nSPS) is 16.3. The number of aliphatic hydroxyl groups is 1. The zero-order chi connectivity index (χ0) is 14.9. The van der Waals surface area contributed by atoms with Gasteiger partial charge in [-0.1, -0.05) is 13.8 Å². The molecule has 1 aliphatic rings. The number of fused-ring (bicyclic) bond motifs is 1. The van der Waals surface area contributed by atoms with Gasteiger partial charge in [-0.3, -0.25) is 4.79 Å². The Bertz CT molecular complexity index is 505. The minimum atomic E-state index is -0.647. The van der Waals surface area contributed by atoms with Crippen molar-refractivity contribution < 1.29 is 14.3 Å². The van der Waals surface area contributed by atoms with Crippen LogP contribution in [0.1, 0.15) is 20.3 Å². The van der Waals surface area contributed by atoms with Gasteiger partial charge >= 0.3 is 0 Å². The number of aliphatic hydroxyl groups excluding tert-OH is 1. The van der Waals surface area contributed by atoms with Gasteiger partial charge in [-0.25, -0.2) is 4.39 Å². The summed E-state index contributed by atoms with van der Waals surface area (Å²) in [5, 5.41) is 9.85. The number of amides is 1. The van der Waals surface area contributed by atoms with Gasteiger partial charge in [-0.2, -0.15) is 0 Å². The highest BCUT2D eigenvalue weighted by Gasteiger charge is 2.27. The molecule has 0 spiro atoms. The number of anilines is 2. The molecule has 20 heavy (non-hydrogen) atoms. The van der Waals surface area contributed by atoms with E-state index in [0.717, 1.165) is 0 Å². The first-order valence-corrected chi connectivity index (χ1v) is 6.89. The molecule has 5 heteroatoms. The zero-order valence-electron chi connectivity index (χ0n) is 12.1. The Morgan fingerprint density at radius 3 is 2.70 bits per heavy atom. The van der Waals surface area contributed by atoms with Gasteiger partial charge in [0, 0.05) is 20.1 Å². The van der Waals surface area contributed by atoms with Crippen LogP contribution in [0.5, 0.6) is 0 Å². The van der Waals surface area contributed by atoms with Crippen LogP contribution < -0.4 is 9.80 Å². The molecule has 1 aliphatic heterocycles. The summed E-state index contributed by atoms with van der Waals surface area (Å²) in [6, 6.07) is 4.42. The average Bonchev–Trinajstić information content (AvgIpc) is 2.39. The van der Waals surface area contributed by atoms with Crippen molar-refractivity contribution in [2.24, 2.45) is 5.92 Å². The largest absolute Gasteiger partial charge is 0.392 e. The second kappa shape index (κ2) is 5.79. The van der Waals surface area contributed by atoms with E-state index in [0.29, 0.717) is 24.5 Å². The summed E-state index contributed by atoms with van der Waals surface area (Å²) in [4.78, 5) is 15.9. The van der Waals surface area contributed by atoms with Crippen molar-refractivity contribution in [1.82, 2.24) is 0 Å². The molecule has 0 saturated heterocycles. The minimum Gasteiger partial charge on any atom is -0.392 e. The molecule has 0 fully saturated rings. The third kappa shape index (κ3) is 2.93. The lowest BCUT2D eigenvalue weighted by atomic mass is 10.0. The summed E-state index contributed by atoms with van der Waals surface area (Å²) < 4.78 is 13.3. The third-order valence-electron chi connectivity index (χ3n) is 3.75. The second-order valence-electron chi connectivity index (χ2n) is 5.62. The summed E-state index contributed by atoms with van der Waals surface area (Å²) in [7, 11) is 1.88. The number of benzene rings is 1. The number of likely N-dealkylation sites (N-methyl/N-ethyl adjacent to an activating group) is 1. The molecular formula is C15H21FN2O2. The Morgan fingerprint density at radius 2 is 2.05 bits per heavy atom. The van der Waals surface area contributed by atoms with E-state index < -0.39 is 6.10 Å². The topological polar surface area (TPSA) is 43.8 Å². The molecule has 1 N–H and O–H groups in total. The van der Waals surface area contributed by atoms with Crippen LogP contribution >= 0.6 is 0 Å². The molecule has 1 amide bonds. The Kier molecular flexibility index (Phi) is 4.28. The van der Waals surface area contributed by atoms with Crippen LogP contribution in [0.3, 0.4) is 0 Å². The van der Waals surface area contributed by atoms with Crippen LogP contribution in [-0.4, -0.2) is 37.3 Å². The van der Waals surface area contributed by atoms with Crippen molar-refractivity contribution in [3.8, 4) is 0 Å². The van der Waals surface area contributed by atoms with E-state index in [2.05, 4.69) is 0 Å². The van der Waals surface area contributed by atoms with E-state index in [-0.39, 0.29) is 24.1 Å². The highest BCUT2D eigenvalue weighted by molar-refractivity contribution is 5.98. The number of hydrogen-bond acceptors (Lipinski definition) is 3. The zero-order valence-corrected chi connectivity index (χ0v) is 12.1. The van der Waals surface area contributed by atoms with Gasteiger partial charge in [0.15, 0.2) is 0 Å². The number of rotatable bonds is 3. The van der Waals surface area contributed by atoms with Gasteiger partial charge in [0.2, 0.25) is 5.91 Å². The van der Waals surface area contributed by atoms with E-state index in [9.17, 15) is 14.3 Å². The van der Waals surface area contributed by atoms with E-state index in [4.69, 9.17) is 0 Å². The van der Waals surface area contributed by atoms with Gasteiger partial charge < -0.3 is 14.9 Å². The Labute approximate surface area is 118 Å². The molecule has 1 aromatic carbocycles. The minimum absolute atomic E-state index is 0.0408. The number of carbonyl (C=O) groups is 1. The van der Waals surface area contributed by atoms with E-state index in [1.165, 1.54) is 12.1 Å². The van der Waals surface area contributed by atoms with Crippen LogP contribution in [0.25, 0.3) is 0 Å². The quantitative estimate of drug-likeness (QED) is 0.921. The summed E-state index contributed by atoms with van der Waals surface area (Å²) in [6.45, 7) is 4.97. The van der Waals surface area contributed by atoms with E-state index >= 15 is 0 Å². The van der Waals surface area contributed by atoms with Crippen molar-refractivity contribution in [2.75, 3.05) is 29.9 Å². The molecule has 1 aromatic rings. The lowest BCUT2D eigenvalue weighted by molar-refractivity contribution is -0.121. The number of halogens is 1. The van der Waals surface area contributed by atoms with Crippen molar-refractivity contribution >= 4 is 17.3 Å². The maximum Gasteiger partial charge on any atom is 0.229 e. The van der Waals surface area contributed by atoms with E-state index in [1.807, 2.05) is 25.8 Å². The van der Waals surface area contributed by atoms with Gasteiger partial charge in [0.05, 0.1) is 23.9 Å². The predicted molar refractivity (Wildman–Crippen MR) is 77.5 cm³/mol. The standard InChI is InChI=1S/C15H21FN2O2/c1-10(2)14(19)9-15(20)18-7-6-17(3)13-8-11(16)4-5-12(13)18/h4-5,8,10,14,19H,6-7,9H2,1-3H3. The molecule has 2 rings (SSSR count). The monoisotopic (exact) mass is 280 g/mol. The molecule has 1 heterocycles. The van der Waals surface area contributed by atoms with Crippen LogP contribution in [0.2, 0.25) is 0 Å². The summed E-state index contributed by atoms with van der Waals surface area (Å²) >= 11 is 0. The first-order valence-electron chi connectivity index (χ1n) is 6.89. The van der Waals surface area contributed by atoms with Gasteiger partial charge in [-0.05, 0) is 24.1 Å². The Balaban J connectivity index is 2.23. The Morgan fingerprint density at radius 1 is 1.35 bits per heavy atom. The maximum absolute atomic E-state index is 13.3. The smallest absolute Gasteiger partial charge is 0.229 e. The molecule has 0 bridgehead atoms. The maximum atomic E-state index is 13.3. The fraction of sp³-hybridized carbons (Fsp3) is 0.533. The number of nitrogens with zero attached hydrogens (tertiary/aromatic N) is 2. The molecule has 1 atom stereocenters. The highest BCUT2D eigenvalue weighted by Crippen LogP contribution is 2.33. The van der Waals surface area contributed by atoms with E-state index in [1.54, 1.807) is 11.0 Å². The highest BCUT2D eigenvalue weighted by atomic mass is 19.1. The lowest BCUT2D eigenvalue weighted by Gasteiger charge is -2.36. The molecular weight excluding hydrogens is 259 g/mol. The van der Waals surface area contributed by atoms with Gasteiger partial charge in [0.1, 0.15) is 5.82 Å². The fourth-order valence-electron chi connectivity index (χ4n) is 2.31. The molecule has 0 radical (unpaired) electrons. The molecule has 0 aromatic heterocycles. The van der Waals surface area contributed by atoms with Crippen molar-refractivity contribution in [1.29, 1.82) is 0 Å². The van der Waals surface area contributed by atoms with Gasteiger partial charge in [0.25, 0.3) is 0 Å². The van der Waals surface area contributed by atoms with Crippen molar-refractivity contribution in [2.45, 2.75) is 26.4 Å². The first-order chi connectivity index (χ1) is 9.40. The molecule has 110 valence electrons. The molecule has 0 aliphatic carbocycles.